The number of nitrogens with one attached hydrogen (secondary N) is 2. The molecule has 3 fully saturated rings. The molecule has 0 saturated heterocycles. The third kappa shape index (κ3) is 5.71. The molecule has 3 aliphatic carbocycles. The molecule has 3 atom stereocenters. The van der Waals surface area contributed by atoms with Crippen molar-refractivity contribution in [2.45, 2.75) is 51.0 Å². The zero-order valence-electron chi connectivity index (χ0n) is 16.4. The summed E-state index contributed by atoms with van der Waals surface area (Å²) in [7, 11) is 5.32. The molecule has 3 rings (SSSR count). The van der Waals surface area contributed by atoms with Gasteiger partial charge in [0.1, 0.15) is 6.54 Å². The van der Waals surface area contributed by atoms with Crippen LogP contribution in [0.2, 0.25) is 0 Å². The number of carbonyl (C=O) groups excluding carboxylic acids is 1. The Hall–Kier alpha value is -0.570. The van der Waals surface area contributed by atoms with Crippen LogP contribution in [0.3, 0.4) is 0 Å². The Morgan fingerprint density at radius 3 is 2.58 bits per heavy atom. The van der Waals surface area contributed by atoms with E-state index in [9.17, 15) is 4.79 Å². The topological polar surface area (TPSA) is 66.0 Å². The molecule has 0 aromatic carbocycles. The standard InChI is InChI=1S/C19H34N4O2.HI/c1-23(2)17(24)12-20-18(21-13-19(6-7-19)8-9-25-3)22-16-11-14-4-5-15(16)10-14;/h14-16H,4-13H2,1-3H3,(H2,20,21,22);1H. The summed E-state index contributed by atoms with van der Waals surface area (Å²) in [6.45, 7) is 1.93. The quantitative estimate of drug-likeness (QED) is 0.319. The molecule has 150 valence electrons. The zero-order chi connectivity index (χ0) is 17.9. The van der Waals surface area contributed by atoms with Crippen molar-refractivity contribution < 1.29 is 9.53 Å². The molecule has 2 bridgehead atoms. The van der Waals surface area contributed by atoms with Gasteiger partial charge in [-0.2, -0.15) is 0 Å². The third-order valence-corrected chi connectivity index (χ3v) is 6.36. The van der Waals surface area contributed by atoms with E-state index in [-0.39, 0.29) is 36.4 Å². The Labute approximate surface area is 174 Å². The number of halogens is 1. The molecule has 0 aliphatic heterocycles. The van der Waals surface area contributed by atoms with Gasteiger partial charge in [-0.1, -0.05) is 6.42 Å². The Bertz CT molecular complexity index is 508. The first-order chi connectivity index (χ1) is 12.0. The fourth-order valence-electron chi connectivity index (χ4n) is 4.32. The summed E-state index contributed by atoms with van der Waals surface area (Å²) in [6, 6.07) is 0.522. The lowest BCUT2D eigenvalue weighted by Crippen LogP contribution is -2.47. The highest BCUT2D eigenvalue weighted by Crippen LogP contribution is 2.48. The van der Waals surface area contributed by atoms with Gasteiger partial charge in [0.2, 0.25) is 5.91 Å². The van der Waals surface area contributed by atoms with Gasteiger partial charge < -0.3 is 20.3 Å². The summed E-state index contributed by atoms with van der Waals surface area (Å²) in [6.07, 6.45) is 8.94. The third-order valence-electron chi connectivity index (χ3n) is 6.36. The number of methoxy groups -OCH3 is 1. The van der Waals surface area contributed by atoms with Gasteiger partial charge in [0, 0.05) is 40.4 Å². The van der Waals surface area contributed by atoms with Gasteiger partial charge in [-0.25, -0.2) is 4.99 Å². The average Bonchev–Trinajstić information content (AvgIpc) is 3.05. The van der Waals surface area contributed by atoms with Crippen molar-refractivity contribution in [3.05, 3.63) is 0 Å². The molecular formula is C19H35IN4O2. The van der Waals surface area contributed by atoms with Crippen LogP contribution >= 0.6 is 24.0 Å². The fourth-order valence-corrected chi connectivity index (χ4v) is 4.32. The highest BCUT2D eigenvalue weighted by Gasteiger charge is 2.43. The number of nitrogens with zero attached hydrogens (tertiary/aromatic N) is 2. The maximum atomic E-state index is 11.9. The largest absolute Gasteiger partial charge is 0.385 e. The minimum absolute atomic E-state index is 0. The number of hydrogen-bond acceptors (Lipinski definition) is 3. The van der Waals surface area contributed by atoms with Gasteiger partial charge in [0.25, 0.3) is 0 Å². The minimum atomic E-state index is 0. The molecule has 2 N–H and O–H groups in total. The van der Waals surface area contributed by atoms with Gasteiger partial charge in [0.15, 0.2) is 5.96 Å². The normalized spacial score (nSPS) is 28.4. The molecule has 0 aromatic heterocycles. The van der Waals surface area contributed by atoms with Gasteiger partial charge in [-0.15, -0.1) is 24.0 Å². The van der Waals surface area contributed by atoms with Crippen LogP contribution in [0.25, 0.3) is 0 Å². The number of guanidine groups is 1. The average molecular weight is 478 g/mol. The van der Waals surface area contributed by atoms with Crippen LogP contribution in [-0.2, 0) is 9.53 Å². The number of ether oxygens (including phenoxy) is 1. The molecule has 1 amide bonds. The van der Waals surface area contributed by atoms with E-state index in [1.165, 1.54) is 38.5 Å². The molecule has 6 nitrogen and oxygen atoms in total. The first-order valence-electron chi connectivity index (χ1n) is 9.75. The van der Waals surface area contributed by atoms with Crippen LogP contribution in [0.15, 0.2) is 4.99 Å². The molecule has 0 spiro atoms. The summed E-state index contributed by atoms with van der Waals surface area (Å²) < 4.78 is 5.25. The van der Waals surface area contributed by atoms with Gasteiger partial charge in [-0.05, 0) is 55.8 Å². The minimum Gasteiger partial charge on any atom is -0.385 e. The van der Waals surface area contributed by atoms with E-state index >= 15 is 0 Å². The summed E-state index contributed by atoms with van der Waals surface area (Å²) in [5, 5.41) is 7.16. The SMILES string of the molecule is COCCC1(CNC(=NCC(=O)N(C)C)NC2CC3CCC2C3)CC1.I. The first-order valence-corrected chi connectivity index (χ1v) is 9.75. The fraction of sp³-hybridized carbons (Fsp3) is 0.895. The Balaban J connectivity index is 0.00000243. The molecule has 3 aliphatic rings. The number of aliphatic imine (C=N–C) groups is 1. The van der Waals surface area contributed by atoms with Crippen molar-refractivity contribution in [2.75, 3.05) is 40.9 Å². The number of hydrogen-bond donors (Lipinski definition) is 2. The van der Waals surface area contributed by atoms with Crippen molar-refractivity contribution >= 4 is 35.8 Å². The predicted octanol–water partition coefficient (Wildman–Crippen LogP) is 2.23. The van der Waals surface area contributed by atoms with E-state index in [0.29, 0.717) is 11.5 Å². The number of likely N-dealkylation sites (N-methyl/N-ethyl adjacent to an activating group) is 1. The molecule has 3 saturated carbocycles. The maximum Gasteiger partial charge on any atom is 0.243 e. The lowest BCUT2D eigenvalue weighted by molar-refractivity contribution is -0.127. The van der Waals surface area contributed by atoms with Crippen molar-refractivity contribution in [3.8, 4) is 0 Å². The van der Waals surface area contributed by atoms with Crippen molar-refractivity contribution in [2.24, 2.45) is 22.2 Å². The smallest absolute Gasteiger partial charge is 0.243 e. The van der Waals surface area contributed by atoms with E-state index in [0.717, 1.165) is 37.4 Å². The second-order valence-electron chi connectivity index (χ2n) is 8.48. The van der Waals surface area contributed by atoms with Gasteiger partial charge in [0.05, 0.1) is 0 Å². The van der Waals surface area contributed by atoms with Crippen LogP contribution in [0.5, 0.6) is 0 Å². The summed E-state index contributed by atoms with van der Waals surface area (Å²) in [5.74, 6) is 2.53. The Kier molecular flexibility index (Phi) is 8.00. The maximum absolute atomic E-state index is 11.9. The lowest BCUT2D eigenvalue weighted by atomic mass is 9.95. The summed E-state index contributed by atoms with van der Waals surface area (Å²) in [4.78, 5) is 18.1. The van der Waals surface area contributed by atoms with Crippen LogP contribution in [-0.4, -0.2) is 63.7 Å². The molecular weight excluding hydrogens is 443 g/mol. The van der Waals surface area contributed by atoms with E-state index in [4.69, 9.17) is 4.74 Å². The van der Waals surface area contributed by atoms with Crippen molar-refractivity contribution in [1.29, 1.82) is 0 Å². The van der Waals surface area contributed by atoms with E-state index in [1.54, 1.807) is 26.1 Å². The highest BCUT2D eigenvalue weighted by molar-refractivity contribution is 14.0. The van der Waals surface area contributed by atoms with Crippen LogP contribution in [0.4, 0.5) is 0 Å². The molecule has 0 heterocycles. The number of fused-ring (bicyclic) bond motifs is 2. The lowest BCUT2D eigenvalue weighted by Gasteiger charge is -2.26. The molecule has 7 heteroatoms. The summed E-state index contributed by atoms with van der Waals surface area (Å²) >= 11 is 0. The van der Waals surface area contributed by atoms with E-state index in [1.807, 2.05) is 0 Å². The number of amides is 1. The van der Waals surface area contributed by atoms with E-state index in [2.05, 4.69) is 15.6 Å². The monoisotopic (exact) mass is 478 g/mol. The Morgan fingerprint density at radius 2 is 2.04 bits per heavy atom. The molecule has 3 unspecified atom stereocenters. The second-order valence-corrected chi connectivity index (χ2v) is 8.48. The zero-order valence-corrected chi connectivity index (χ0v) is 18.8. The first kappa shape index (κ1) is 21.7. The highest BCUT2D eigenvalue weighted by atomic mass is 127. The van der Waals surface area contributed by atoms with Gasteiger partial charge in [-0.3, -0.25) is 4.79 Å². The van der Waals surface area contributed by atoms with E-state index < -0.39 is 0 Å². The Morgan fingerprint density at radius 1 is 1.27 bits per heavy atom. The van der Waals surface area contributed by atoms with Crippen molar-refractivity contribution in [3.63, 3.8) is 0 Å². The predicted molar refractivity (Wildman–Crippen MR) is 115 cm³/mol. The molecule has 0 aromatic rings. The summed E-state index contributed by atoms with van der Waals surface area (Å²) in [5.41, 5.74) is 0.360. The van der Waals surface area contributed by atoms with Gasteiger partial charge >= 0.3 is 0 Å². The van der Waals surface area contributed by atoms with Crippen molar-refractivity contribution in [1.82, 2.24) is 15.5 Å². The number of rotatable bonds is 8. The van der Waals surface area contributed by atoms with Crippen LogP contribution in [0.1, 0.15) is 44.9 Å². The van der Waals surface area contributed by atoms with Crippen LogP contribution < -0.4 is 10.6 Å². The second kappa shape index (κ2) is 9.57. The number of carbonyl (C=O) groups is 1. The molecule has 0 radical (unpaired) electrons. The molecule has 26 heavy (non-hydrogen) atoms. The van der Waals surface area contributed by atoms with Crippen LogP contribution in [0, 0.1) is 17.3 Å².